The monoisotopic (exact) mass is 282 g/mol. The highest BCUT2D eigenvalue weighted by Gasteiger charge is 2.05. The topological polar surface area (TPSA) is 58.2 Å². The quantitative estimate of drug-likeness (QED) is 0.885. The first-order valence-corrected chi connectivity index (χ1v) is 6.85. The van der Waals surface area contributed by atoms with Gasteiger partial charge in [0.25, 0.3) is 5.91 Å². The molecule has 0 aliphatic rings. The summed E-state index contributed by atoms with van der Waals surface area (Å²) in [6.07, 6.45) is 1.14. The van der Waals surface area contributed by atoms with Gasteiger partial charge in [0.1, 0.15) is 0 Å². The van der Waals surface area contributed by atoms with Crippen molar-refractivity contribution < 1.29 is 9.59 Å². The van der Waals surface area contributed by atoms with Crippen molar-refractivity contribution in [2.24, 2.45) is 0 Å². The molecule has 2 N–H and O–H groups in total. The fourth-order valence-corrected chi connectivity index (χ4v) is 1.98. The van der Waals surface area contributed by atoms with Gasteiger partial charge in [-0.05, 0) is 36.2 Å². The number of carbonyl (C=O) groups is 2. The minimum Gasteiger partial charge on any atom is -0.355 e. The van der Waals surface area contributed by atoms with E-state index in [1.807, 2.05) is 30.3 Å². The first-order chi connectivity index (χ1) is 10.2. The van der Waals surface area contributed by atoms with Gasteiger partial charge < -0.3 is 10.6 Å². The second-order valence-corrected chi connectivity index (χ2v) is 4.69. The van der Waals surface area contributed by atoms with E-state index in [-0.39, 0.29) is 11.8 Å². The summed E-state index contributed by atoms with van der Waals surface area (Å²) in [4.78, 5) is 23.3. The molecule has 0 spiro atoms. The lowest BCUT2D eigenvalue weighted by Gasteiger charge is -2.06. The van der Waals surface area contributed by atoms with Crippen LogP contribution in [0.15, 0.2) is 54.6 Å². The molecule has 0 bridgehead atoms. The van der Waals surface area contributed by atoms with Crippen LogP contribution in [0.25, 0.3) is 0 Å². The number of amides is 2. The van der Waals surface area contributed by atoms with Crippen molar-refractivity contribution >= 4 is 17.5 Å². The predicted molar refractivity (Wildman–Crippen MR) is 83.2 cm³/mol. The molecular formula is C17H18N2O2. The van der Waals surface area contributed by atoms with Crippen LogP contribution in [0.2, 0.25) is 0 Å². The van der Waals surface area contributed by atoms with Gasteiger partial charge in [0, 0.05) is 24.7 Å². The Bertz CT molecular complexity index is 606. The first-order valence-electron chi connectivity index (χ1n) is 6.85. The van der Waals surface area contributed by atoms with Crippen molar-refractivity contribution in [2.45, 2.75) is 12.8 Å². The van der Waals surface area contributed by atoms with Crippen LogP contribution in [0.1, 0.15) is 22.3 Å². The maximum absolute atomic E-state index is 11.9. The molecule has 0 radical (unpaired) electrons. The molecule has 4 nitrogen and oxygen atoms in total. The molecule has 108 valence electrons. The number of hydrogen-bond acceptors (Lipinski definition) is 2. The summed E-state index contributed by atoms with van der Waals surface area (Å²) >= 11 is 0. The van der Waals surface area contributed by atoms with Gasteiger partial charge in [-0.3, -0.25) is 9.59 Å². The van der Waals surface area contributed by atoms with Crippen LogP contribution in [-0.4, -0.2) is 18.9 Å². The molecule has 4 heteroatoms. The van der Waals surface area contributed by atoms with Crippen molar-refractivity contribution in [2.75, 3.05) is 12.4 Å². The predicted octanol–water partition coefficient (Wildman–Crippen LogP) is 2.62. The van der Waals surface area contributed by atoms with Crippen LogP contribution < -0.4 is 10.6 Å². The molecule has 0 aromatic heterocycles. The van der Waals surface area contributed by atoms with E-state index in [0.717, 1.165) is 5.56 Å². The van der Waals surface area contributed by atoms with Crippen LogP contribution in [0, 0.1) is 0 Å². The summed E-state index contributed by atoms with van der Waals surface area (Å²) in [5, 5.41) is 5.38. The van der Waals surface area contributed by atoms with Crippen LogP contribution in [0.5, 0.6) is 0 Å². The zero-order valence-electron chi connectivity index (χ0n) is 11.9. The third-order valence-electron chi connectivity index (χ3n) is 3.14. The second-order valence-electron chi connectivity index (χ2n) is 4.69. The molecule has 0 unspecified atom stereocenters. The highest BCUT2D eigenvalue weighted by Crippen LogP contribution is 2.11. The van der Waals surface area contributed by atoms with Crippen LogP contribution in [0.3, 0.4) is 0 Å². The molecule has 2 aromatic rings. The zero-order valence-corrected chi connectivity index (χ0v) is 11.9. The molecule has 0 atom stereocenters. The third kappa shape index (κ3) is 4.45. The molecule has 0 heterocycles. The van der Waals surface area contributed by atoms with E-state index >= 15 is 0 Å². The molecule has 21 heavy (non-hydrogen) atoms. The van der Waals surface area contributed by atoms with Crippen molar-refractivity contribution in [3.63, 3.8) is 0 Å². The van der Waals surface area contributed by atoms with Gasteiger partial charge in [0.15, 0.2) is 0 Å². The summed E-state index contributed by atoms with van der Waals surface area (Å²) < 4.78 is 0. The van der Waals surface area contributed by atoms with Gasteiger partial charge in [-0.2, -0.15) is 0 Å². The minimum atomic E-state index is -0.142. The number of aryl methyl sites for hydroxylation is 1. The second kappa shape index (κ2) is 7.24. The minimum absolute atomic E-state index is 0.0356. The van der Waals surface area contributed by atoms with Gasteiger partial charge >= 0.3 is 0 Å². The Balaban J connectivity index is 1.86. The van der Waals surface area contributed by atoms with Crippen molar-refractivity contribution in [1.82, 2.24) is 5.32 Å². The van der Waals surface area contributed by atoms with Crippen LogP contribution in [-0.2, 0) is 11.2 Å². The molecule has 2 aromatic carbocycles. The van der Waals surface area contributed by atoms with Crippen LogP contribution in [0.4, 0.5) is 5.69 Å². The number of nitrogens with one attached hydrogen (secondary N) is 2. The average Bonchev–Trinajstić information content (AvgIpc) is 2.54. The lowest BCUT2D eigenvalue weighted by molar-refractivity contribution is -0.116. The first kappa shape index (κ1) is 14.8. The van der Waals surface area contributed by atoms with E-state index in [2.05, 4.69) is 10.6 Å². The Hall–Kier alpha value is -2.62. The number of rotatable bonds is 5. The average molecular weight is 282 g/mol. The van der Waals surface area contributed by atoms with E-state index in [1.54, 1.807) is 31.3 Å². The van der Waals surface area contributed by atoms with Gasteiger partial charge in [-0.25, -0.2) is 0 Å². The van der Waals surface area contributed by atoms with Gasteiger partial charge in [-0.1, -0.05) is 30.3 Å². The summed E-state index contributed by atoms with van der Waals surface area (Å²) in [6.45, 7) is 0. The lowest BCUT2D eigenvalue weighted by atomic mass is 10.1. The fraction of sp³-hybridized carbons (Fsp3) is 0.176. The van der Waals surface area contributed by atoms with E-state index in [9.17, 15) is 9.59 Å². The Kier molecular flexibility index (Phi) is 5.10. The Labute approximate surface area is 124 Å². The van der Waals surface area contributed by atoms with Crippen molar-refractivity contribution in [1.29, 1.82) is 0 Å². The van der Waals surface area contributed by atoms with Crippen LogP contribution >= 0.6 is 0 Å². The standard InChI is InChI=1S/C17H18N2O2/c1-18-17(21)14-8-10-15(11-9-14)19-16(20)12-7-13-5-3-2-4-6-13/h2-6,8-11H,7,12H2,1H3,(H,18,21)(H,19,20). The van der Waals surface area contributed by atoms with Gasteiger partial charge in [0.2, 0.25) is 5.91 Å². The molecule has 2 amide bonds. The third-order valence-corrected chi connectivity index (χ3v) is 3.14. The van der Waals surface area contributed by atoms with E-state index in [1.165, 1.54) is 0 Å². The maximum Gasteiger partial charge on any atom is 0.251 e. The normalized spacial score (nSPS) is 9.95. The Morgan fingerprint density at radius 3 is 2.24 bits per heavy atom. The fourth-order valence-electron chi connectivity index (χ4n) is 1.98. The number of benzene rings is 2. The Morgan fingerprint density at radius 2 is 1.62 bits per heavy atom. The van der Waals surface area contributed by atoms with Crippen molar-refractivity contribution in [3.05, 3.63) is 65.7 Å². The maximum atomic E-state index is 11.9. The molecule has 0 saturated heterocycles. The highest BCUT2D eigenvalue weighted by atomic mass is 16.2. The van der Waals surface area contributed by atoms with Gasteiger partial charge in [-0.15, -0.1) is 0 Å². The number of hydrogen-bond donors (Lipinski definition) is 2. The summed E-state index contributed by atoms with van der Waals surface area (Å²) in [6, 6.07) is 16.7. The largest absolute Gasteiger partial charge is 0.355 e. The van der Waals surface area contributed by atoms with Crippen molar-refractivity contribution in [3.8, 4) is 0 Å². The lowest BCUT2D eigenvalue weighted by Crippen LogP contribution is -2.18. The molecule has 2 rings (SSSR count). The molecule has 0 aliphatic heterocycles. The molecule has 0 aliphatic carbocycles. The van der Waals surface area contributed by atoms with E-state index in [4.69, 9.17) is 0 Å². The van der Waals surface area contributed by atoms with Gasteiger partial charge in [0.05, 0.1) is 0 Å². The highest BCUT2D eigenvalue weighted by molar-refractivity contribution is 5.95. The van der Waals surface area contributed by atoms with E-state index < -0.39 is 0 Å². The molecular weight excluding hydrogens is 264 g/mol. The van der Waals surface area contributed by atoms with E-state index in [0.29, 0.717) is 24.1 Å². The zero-order chi connectivity index (χ0) is 15.1. The SMILES string of the molecule is CNC(=O)c1ccc(NC(=O)CCc2ccccc2)cc1. The molecule has 0 saturated carbocycles. The number of anilines is 1. The number of carbonyl (C=O) groups excluding carboxylic acids is 2. The summed E-state index contributed by atoms with van der Waals surface area (Å²) in [7, 11) is 1.58. The summed E-state index contributed by atoms with van der Waals surface area (Å²) in [5.41, 5.74) is 2.41. The smallest absolute Gasteiger partial charge is 0.251 e. The molecule has 0 fully saturated rings. The summed E-state index contributed by atoms with van der Waals surface area (Å²) in [5.74, 6) is -0.177. The Morgan fingerprint density at radius 1 is 0.952 bits per heavy atom.